The number of benzene rings is 2. The van der Waals surface area contributed by atoms with Gasteiger partial charge in [-0.3, -0.25) is 0 Å². The van der Waals surface area contributed by atoms with E-state index < -0.39 is 0 Å². The predicted molar refractivity (Wildman–Crippen MR) is 131 cm³/mol. The Hall–Kier alpha value is -3.11. The molecule has 0 amide bonds. The number of allylic oxidation sites excluding steroid dienone is 1. The average Bonchev–Trinajstić information content (AvgIpc) is 3.22. The van der Waals surface area contributed by atoms with Crippen molar-refractivity contribution in [2.45, 2.75) is 72.1 Å². The van der Waals surface area contributed by atoms with Crippen LogP contribution < -0.4 is 0 Å². The molecule has 0 fully saturated rings. The molecule has 0 radical (unpaired) electrons. The number of unbranched alkanes of at least 4 members (excludes halogenated alkanes) is 1. The van der Waals surface area contributed by atoms with Crippen LogP contribution in [0.2, 0.25) is 0 Å². The Bertz CT molecular complexity index is 1100. The van der Waals surface area contributed by atoms with Crippen molar-refractivity contribution in [3.8, 4) is 11.4 Å². The van der Waals surface area contributed by atoms with Gasteiger partial charge < -0.3 is 9.84 Å². The Morgan fingerprint density at radius 3 is 2.36 bits per heavy atom. The molecule has 1 unspecified atom stereocenters. The van der Waals surface area contributed by atoms with Gasteiger partial charge in [-0.2, -0.15) is 0 Å². The van der Waals surface area contributed by atoms with E-state index in [4.69, 9.17) is 4.74 Å². The number of hydrogen-bond acceptors (Lipinski definition) is 5. The average molecular weight is 450 g/mol. The second kappa shape index (κ2) is 10.7. The summed E-state index contributed by atoms with van der Waals surface area (Å²) in [7, 11) is 0. The molecule has 0 saturated carbocycles. The van der Waals surface area contributed by atoms with Gasteiger partial charge in [-0.15, -0.1) is 15.0 Å². The van der Waals surface area contributed by atoms with Crippen LogP contribution in [0.4, 0.5) is 0 Å². The van der Waals surface area contributed by atoms with Crippen molar-refractivity contribution in [3.63, 3.8) is 0 Å². The van der Waals surface area contributed by atoms with E-state index in [0.717, 1.165) is 47.8 Å². The number of phenolic OH excluding ortho intramolecular Hbond substituents is 1. The Balaban J connectivity index is 1.93. The van der Waals surface area contributed by atoms with Crippen molar-refractivity contribution >= 4 is 17.0 Å². The van der Waals surface area contributed by atoms with E-state index in [1.165, 1.54) is 4.80 Å². The molecular weight excluding hydrogens is 414 g/mol. The zero-order valence-corrected chi connectivity index (χ0v) is 20.4. The van der Waals surface area contributed by atoms with Gasteiger partial charge in [0.1, 0.15) is 22.5 Å². The van der Waals surface area contributed by atoms with Gasteiger partial charge in [0.05, 0.1) is 6.61 Å². The molecular formula is C27H35N3O3. The summed E-state index contributed by atoms with van der Waals surface area (Å²) in [6.45, 7) is 11.0. The molecule has 2 aromatic carbocycles. The van der Waals surface area contributed by atoms with Crippen molar-refractivity contribution in [2.24, 2.45) is 5.92 Å². The van der Waals surface area contributed by atoms with Crippen LogP contribution in [0.1, 0.15) is 71.4 Å². The van der Waals surface area contributed by atoms with Crippen LogP contribution >= 0.6 is 0 Å². The van der Waals surface area contributed by atoms with Gasteiger partial charge in [0.15, 0.2) is 11.7 Å². The number of fused-ring (bicyclic) bond motifs is 1. The first kappa shape index (κ1) is 24.5. The Morgan fingerprint density at radius 2 is 1.82 bits per heavy atom. The van der Waals surface area contributed by atoms with Crippen molar-refractivity contribution < 1.29 is 14.6 Å². The fourth-order valence-corrected chi connectivity index (χ4v) is 3.89. The van der Waals surface area contributed by atoms with Crippen LogP contribution in [0.25, 0.3) is 16.7 Å². The molecule has 3 rings (SSSR count). The molecule has 0 spiro atoms. The Labute approximate surface area is 196 Å². The van der Waals surface area contributed by atoms with Gasteiger partial charge in [-0.1, -0.05) is 72.1 Å². The van der Waals surface area contributed by atoms with Crippen LogP contribution in [0.3, 0.4) is 0 Å². The van der Waals surface area contributed by atoms with E-state index >= 15 is 0 Å². The van der Waals surface area contributed by atoms with E-state index in [0.29, 0.717) is 24.6 Å². The second-order valence-electron chi connectivity index (χ2n) is 9.67. The van der Waals surface area contributed by atoms with E-state index in [1.807, 2.05) is 63.1 Å². The summed E-state index contributed by atoms with van der Waals surface area (Å²) < 4.78 is 5.89. The van der Waals surface area contributed by atoms with E-state index in [-0.39, 0.29) is 16.9 Å². The van der Waals surface area contributed by atoms with Crippen LogP contribution in [0.15, 0.2) is 42.2 Å². The van der Waals surface area contributed by atoms with Crippen LogP contribution in [0.5, 0.6) is 5.75 Å². The number of ether oxygens (including phenoxy) is 1. The first-order valence-electron chi connectivity index (χ1n) is 11.8. The van der Waals surface area contributed by atoms with Gasteiger partial charge in [-0.05, 0) is 41.5 Å². The van der Waals surface area contributed by atoms with Gasteiger partial charge in [-0.25, -0.2) is 4.79 Å². The first-order chi connectivity index (χ1) is 15.8. The fourth-order valence-electron chi connectivity index (χ4n) is 3.89. The highest BCUT2D eigenvalue weighted by Crippen LogP contribution is 2.36. The third-order valence-electron chi connectivity index (χ3n) is 5.97. The van der Waals surface area contributed by atoms with Crippen molar-refractivity contribution in [2.75, 3.05) is 6.61 Å². The predicted octanol–water partition coefficient (Wildman–Crippen LogP) is 5.91. The zero-order chi connectivity index (χ0) is 24.0. The lowest BCUT2D eigenvalue weighted by atomic mass is 9.84. The number of hydrogen-bond donors (Lipinski definition) is 1. The molecule has 3 aromatic rings. The van der Waals surface area contributed by atoms with Crippen LogP contribution in [0, 0.1) is 5.92 Å². The number of nitrogens with zero attached hydrogens (tertiary/aromatic N) is 3. The standard InChI is InChI=1S/C27H35N3O3/c1-6-8-11-19(7-2)18-33-21(17-31)14-20-15-22(27(3,4)5)26(32)25(16-20)30-28-23-12-9-10-13-24(23)29-30/h9-10,12-13,15-16,19,32H,6-8,11,14,18H2,1-5H3. The summed E-state index contributed by atoms with van der Waals surface area (Å²) in [5.41, 5.74) is 3.25. The van der Waals surface area contributed by atoms with Gasteiger partial charge in [0.25, 0.3) is 0 Å². The maximum absolute atomic E-state index is 11.7. The second-order valence-corrected chi connectivity index (χ2v) is 9.67. The number of aromatic hydroxyl groups is 1. The summed E-state index contributed by atoms with van der Waals surface area (Å²) in [5.74, 6) is 2.82. The molecule has 1 aromatic heterocycles. The van der Waals surface area contributed by atoms with E-state index in [2.05, 4.69) is 24.0 Å². The summed E-state index contributed by atoms with van der Waals surface area (Å²) in [6, 6.07) is 11.3. The van der Waals surface area contributed by atoms with E-state index in [9.17, 15) is 9.90 Å². The summed E-state index contributed by atoms with van der Waals surface area (Å²) in [4.78, 5) is 13.1. The third kappa shape index (κ3) is 6.02. The molecule has 6 nitrogen and oxygen atoms in total. The van der Waals surface area contributed by atoms with Crippen molar-refractivity contribution in [1.29, 1.82) is 0 Å². The number of rotatable bonds is 10. The quantitative estimate of drug-likeness (QED) is 0.307. The molecule has 0 aliphatic carbocycles. The third-order valence-corrected chi connectivity index (χ3v) is 5.97. The molecule has 0 aliphatic rings. The SMILES string of the molecule is CCCCC(CC)COC(=C=O)Cc1cc(-n2nc3ccccc3n2)c(O)c(C(C)(C)C)c1. The lowest BCUT2D eigenvalue weighted by Gasteiger charge is -2.23. The minimum atomic E-state index is -0.319. The first-order valence-corrected chi connectivity index (χ1v) is 11.8. The fraction of sp³-hybridized carbons (Fsp3) is 0.481. The summed E-state index contributed by atoms with van der Waals surface area (Å²) in [6.07, 6.45) is 4.71. The maximum atomic E-state index is 11.7. The molecule has 0 bridgehead atoms. The van der Waals surface area contributed by atoms with Crippen molar-refractivity contribution in [1.82, 2.24) is 15.0 Å². The normalized spacial score (nSPS) is 12.5. The van der Waals surface area contributed by atoms with E-state index in [1.54, 1.807) is 0 Å². The molecule has 176 valence electrons. The van der Waals surface area contributed by atoms with Gasteiger partial charge >= 0.3 is 0 Å². The van der Waals surface area contributed by atoms with Crippen molar-refractivity contribution in [3.05, 3.63) is 53.3 Å². The largest absolute Gasteiger partial charge is 0.505 e. The topological polar surface area (TPSA) is 77.2 Å². The summed E-state index contributed by atoms with van der Waals surface area (Å²) >= 11 is 0. The zero-order valence-electron chi connectivity index (χ0n) is 20.4. The Kier molecular flexibility index (Phi) is 7.93. The summed E-state index contributed by atoms with van der Waals surface area (Å²) in [5, 5.41) is 20.2. The number of carbonyl (C=O) groups excluding carboxylic acids is 1. The smallest absolute Gasteiger partial charge is 0.183 e. The lowest BCUT2D eigenvalue weighted by molar-refractivity contribution is 0.154. The number of aromatic nitrogens is 3. The molecule has 0 aliphatic heterocycles. The Morgan fingerprint density at radius 1 is 1.15 bits per heavy atom. The highest BCUT2D eigenvalue weighted by molar-refractivity contribution is 5.73. The maximum Gasteiger partial charge on any atom is 0.183 e. The monoisotopic (exact) mass is 449 g/mol. The number of phenols is 1. The van der Waals surface area contributed by atoms with Gasteiger partial charge in [0, 0.05) is 12.0 Å². The minimum absolute atomic E-state index is 0.134. The molecule has 1 heterocycles. The highest BCUT2D eigenvalue weighted by Gasteiger charge is 2.24. The van der Waals surface area contributed by atoms with Crippen LogP contribution in [-0.4, -0.2) is 32.6 Å². The molecule has 0 saturated heterocycles. The minimum Gasteiger partial charge on any atom is -0.505 e. The molecule has 1 atom stereocenters. The van der Waals surface area contributed by atoms with Gasteiger partial charge in [0.2, 0.25) is 0 Å². The lowest BCUT2D eigenvalue weighted by Crippen LogP contribution is -2.15. The van der Waals surface area contributed by atoms with Crippen LogP contribution in [-0.2, 0) is 21.4 Å². The molecule has 1 N–H and O–H groups in total. The molecule has 33 heavy (non-hydrogen) atoms. The molecule has 6 heteroatoms. The highest BCUT2D eigenvalue weighted by atomic mass is 16.5.